The fourth-order valence-corrected chi connectivity index (χ4v) is 3.01. The molecule has 0 unspecified atom stereocenters. The van der Waals surface area contributed by atoms with Gasteiger partial charge in [-0.05, 0) is 55.9 Å². The highest BCUT2D eigenvalue weighted by molar-refractivity contribution is 5.97. The standard InChI is InChI=1S/C14H19NO2.C7H6O2/c1-9-4-3-5-10(2)13(9)14(17)15-12-6-11(7-12)8-16;8-7(9)6-4-2-1-3-5-6/h3-5,11-12,16H,6-8H2,1-2H3,(H,15,17);1-5H,(H,8,9). The van der Waals surface area contributed by atoms with Crippen molar-refractivity contribution in [3.05, 3.63) is 70.8 Å². The van der Waals surface area contributed by atoms with Gasteiger partial charge in [0.05, 0.1) is 5.56 Å². The van der Waals surface area contributed by atoms with Crippen LogP contribution in [0.2, 0.25) is 0 Å². The molecule has 2 aromatic rings. The minimum Gasteiger partial charge on any atom is -0.478 e. The molecule has 0 radical (unpaired) electrons. The lowest BCUT2D eigenvalue weighted by atomic mass is 9.80. The Morgan fingerprint density at radius 2 is 1.58 bits per heavy atom. The molecule has 2 aromatic carbocycles. The third kappa shape index (κ3) is 5.17. The molecule has 26 heavy (non-hydrogen) atoms. The number of aliphatic hydroxyl groups excluding tert-OH is 1. The Morgan fingerprint density at radius 3 is 2.04 bits per heavy atom. The van der Waals surface area contributed by atoms with Gasteiger partial charge in [-0.25, -0.2) is 4.79 Å². The van der Waals surface area contributed by atoms with Crippen molar-refractivity contribution >= 4 is 11.9 Å². The zero-order valence-corrected chi connectivity index (χ0v) is 15.1. The van der Waals surface area contributed by atoms with E-state index < -0.39 is 5.97 Å². The Balaban J connectivity index is 0.000000228. The molecule has 0 aliphatic heterocycles. The molecule has 0 aromatic heterocycles. The monoisotopic (exact) mass is 355 g/mol. The maximum atomic E-state index is 12.1. The summed E-state index contributed by atoms with van der Waals surface area (Å²) in [5, 5.41) is 20.3. The van der Waals surface area contributed by atoms with Crippen molar-refractivity contribution < 1.29 is 19.8 Å². The van der Waals surface area contributed by atoms with E-state index in [0.717, 1.165) is 29.5 Å². The summed E-state index contributed by atoms with van der Waals surface area (Å²) in [4.78, 5) is 22.3. The molecule has 1 amide bonds. The molecule has 0 atom stereocenters. The normalized spacial score (nSPS) is 18.1. The number of carbonyl (C=O) groups excluding carboxylic acids is 1. The first-order valence-electron chi connectivity index (χ1n) is 8.68. The van der Waals surface area contributed by atoms with Gasteiger partial charge < -0.3 is 15.5 Å². The lowest BCUT2D eigenvalue weighted by Crippen LogP contribution is -2.45. The Labute approximate surface area is 153 Å². The van der Waals surface area contributed by atoms with Crippen LogP contribution in [0.15, 0.2) is 48.5 Å². The molecule has 5 nitrogen and oxygen atoms in total. The average molecular weight is 355 g/mol. The Bertz CT molecular complexity index is 732. The molecule has 0 bridgehead atoms. The quantitative estimate of drug-likeness (QED) is 0.786. The number of carbonyl (C=O) groups is 2. The predicted molar refractivity (Wildman–Crippen MR) is 100 cm³/mol. The molecule has 0 spiro atoms. The van der Waals surface area contributed by atoms with Gasteiger partial charge in [0.15, 0.2) is 0 Å². The van der Waals surface area contributed by atoms with Gasteiger partial charge in [-0.3, -0.25) is 4.79 Å². The fraction of sp³-hybridized carbons (Fsp3) is 0.333. The summed E-state index contributed by atoms with van der Waals surface area (Å²) < 4.78 is 0. The molecule has 3 N–H and O–H groups in total. The van der Waals surface area contributed by atoms with Gasteiger partial charge in [-0.2, -0.15) is 0 Å². The van der Waals surface area contributed by atoms with E-state index >= 15 is 0 Å². The van der Waals surface area contributed by atoms with Crippen molar-refractivity contribution in [1.82, 2.24) is 5.32 Å². The Morgan fingerprint density at radius 1 is 1.00 bits per heavy atom. The van der Waals surface area contributed by atoms with Crippen LogP contribution in [0.4, 0.5) is 0 Å². The first-order valence-corrected chi connectivity index (χ1v) is 8.68. The van der Waals surface area contributed by atoms with Crippen molar-refractivity contribution in [2.24, 2.45) is 5.92 Å². The number of carboxylic acid groups (broad SMARTS) is 1. The highest BCUT2D eigenvalue weighted by Gasteiger charge is 2.30. The van der Waals surface area contributed by atoms with E-state index in [2.05, 4.69) is 5.32 Å². The van der Waals surface area contributed by atoms with E-state index in [9.17, 15) is 9.59 Å². The first kappa shape index (κ1) is 19.7. The smallest absolute Gasteiger partial charge is 0.335 e. The number of benzene rings is 2. The van der Waals surface area contributed by atoms with E-state index in [1.807, 2.05) is 32.0 Å². The molecule has 1 aliphatic carbocycles. The van der Waals surface area contributed by atoms with Gasteiger partial charge in [0.1, 0.15) is 0 Å². The van der Waals surface area contributed by atoms with Crippen LogP contribution >= 0.6 is 0 Å². The summed E-state index contributed by atoms with van der Waals surface area (Å²) in [5.74, 6) is -0.490. The van der Waals surface area contributed by atoms with Crippen molar-refractivity contribution in [3.8, 4) is 0 Å². The van der Waals surface area contributed by atoms with E-state index in [4.69, 9.17) is 10.2 Å². The second kappa shape index (κ2) is 9.15. The lowest BCUT2D eigenvalue weighted by Gasteiger charge is -2.34. The van der Waals surface area contributed by atoms with Gasteiger partial charge in [-0.15, -0.1) is 0 Å². The summed E-state index contributed by atoms with van der Waals surface area (Å²) in [6, 6.07) is 14.4. The highest BCUT2D eigenvalue weighted by Crippen LogP contribution is 2.27. The molecule has 5 heteroatoms. The summed E-state index contributed by atoms with van der Waals surface area (Å²) in [6.45, 7) is 4.15. The average Bonchev–Trinajstić information content (AvgIpc) is 2.59. The van der Waals surface area contributed by atoms with Crippen LogP contribution in [0.25, 0.3) is 0 Å². The van der Waals surface area contributed by atoms with Crippen molar-refractivity contribution in [2.45, 2.75) is 32.7 Å². The summed E-state index contributed by atoms with van der Waals surface area (Å²) in [5.41, 5.74) is 3.15. The van der Waals surface area contributed by atoms with Crippen molar-refractivity contribution in [1.29, 1.82) is 0 Å². The van der Waals surface area contributed by atoms with Crippen LogP contribution in [0.1, 0.15) is 44.7 Å². The van der Waals surface area contributed by atoms with Crippen LogP contribution in [-0.4, -0.2) is 34.7 Å². The zero-order chi connectivity index (χ0) is 19.1. The molecule has 138 valence electrons. The zero-order valence-electron chi connectivity index (χ0n) is 15.1. The molecule has 1 fully saturated rings. The number of aryl methyl sites for hydroxylation is 2. The number of amides is 1. The van der Waals surface area contributed by atoms with Gasteiger partial charge >= 0.3 is 5.97 Å². The van der Waals surface area contributed by atoms with Crippen molar-refractivity contribution in [2.75, 3.05) is 6.61 Å². The molecular formula is C21H25NO4. The second-order valence-corrected chi connectivity index (χ2v) is 6.63. The van der Waals surface area contributed by atoms with Crippen LogP contribution in [0, 0.1) is 19.8 Å². The number of nitrogens with one attached hydrogen (secondary N) is 1. The second-order valence-electron chi connectivity index (χ2n) is 6.63. The third-order valence-corrected chi connectivity index (χ3v) is 4.56. The predicted octanol–water partition coefficient (Wildman–Crippen LogP) is 3.19. The SMILES string of the molecule is Cc1cccc(C)c1C(=O)NC1CC(CO)C1.O=C(O)c1ccccc1. The van der Waals surface area contributed by atoms with E-state index in [0.29, 0.717) is 11.5 Å². The third-order valence-electron chi connectivity index (χ3n) is 4.56. The van der Waals surface area contributed by atoms with Crippen LogP contribution < -0.4 is 5.32 Å². The molecule has 0 saturated heterocycles. The van der Waals surface area contributed by atoms with E-state index in [1.165, 1.54) is 0 Å². The van der Waals surface area contributed by atoms with Gasteiger partial charge in [0.2, 0.25) is 0 Å². The molecule has 3 rings (SSSR count). The Hall–Kier alpha value is -2.66. The van der Waals surface area contributed by atoms with Crippen LogP contribution in [0.3, 0.4) is 0 Å². The lowest BCUT2D eigenvalue weighted by molar-refractivity contribution is 0.0696. The number of aliphatic hydroxyl groups is 1. The maximum Gasteiger partial charge on any atom is 0.335 e. The van der Waals surface area contributed by atoms with Gasteiger partial charge in [-0.1, -0.05) is 36.4 Å². The summed E-state index contributed by atoms with van der Waals surface area (Å²) in [6.07, 6.45) is 1.79. The number of aromatic carboxylic acids is 1. The Kier molecular flexibility index (Phi) is 6.92. The minimum atomic E-state index is -0.879. The molecule has 0 heterocycles. The largest absolute Gasteiger partial charge is 0.478 e. The highest BCUT2D eigenvalue weighted by atomic mass is 16.4. The minimum absolute atomic E-state index is 0.0157. The van der Waals surface area contributed by atoms with Crippen LogP contribution in [0.5, 0.6) is 0 Å². The fourth-order valence-electron chi connectivity index (χ4n) is 3.01. The molecular weight excluding hydrogens is 330 g/mol. The first-order chi connectivity index (χ1) is 12.4. The summed E-state index contributed by atoms with van der Waals surface area (Å²) in [7, 11) is 0. The summed E-state index contributed by atoms with van der Waals surface area (Å²) >= 11 is 0. The molecule has 1 aliphatic rings. The van der Waals surface area contributed by atoms with E-state index in [1.54, 1.807) is 30.3 Å². The number of rotatable bonds is 4. The van der Waals surface area contributed by atoms with Crippen molar-refractivity contribution in [3.63, 3.8) is 0 Å². The van der Waals surface area contributed by atoms with Gasteiger partial charge in [0.25, 0.3) is 5.91 Å². The molecule has 1 saturated carbocycles. The topological polar surface area (TPSA) is 86.6 Å². The number of carboxylic acids is 1. The van der Waals surface area contributed by atoms with Gasteiger partial charge in [0, 0.05) is 18.2 Å². The number of hydrogen-bond acceptors (Lipinski definition) is 3. The van der Waals surface area contributed by atoms with Crippen LogP contribution in [-0.2, 0) is 0 Å². The maximum absolute atomic E-state index is 12.1. The number of hydrogen-bond donors (Lipinski definition) is 3. The van der Waals surface area contributed by atoms with E-state index in [-0.39, 0.29) is 18.6 Å².